The molecule has 1 aromatic carbocycles. The first-order valence-corrected chi connectivity index (χ1v) is 7.01. The molecule has 0 bridgehead atoms. The maximum Gasteiger partial charge on any atom is 0.231 e. The molecule has 0 radical (unpaired) electrons. The third-order valence-electron chi connectivity index (χ3n) is 3.87. The van der Waals surface area contributed by atoms with E-state index in [4.69, 9.17) is 14.2 Å². The number of rotatable bonds is 4. The summed E-state index contributed by atoms with van der Waals surface area (Å²) in [7, 11) is 0. The van der Waals surface area contributed by atoms with Crippen LogP contribution in [0.2, 0.25) is 0 Å². The molecular formula is C15H21NO3. The lowest BCUT2D eigenvalue weighted by Gasteiger charge is -2.18. The zero-order chi connectivity index (χ0) is 13.2. The minimum Gasteiger partial charge on any atom is -0.454 e. The molecule has 1 fully saturated rings. The summed E-state index contributed by atoms with van der Waals surface area (Å²) in [6.07, 6.45) is 3.09. The van der Waals surface area contributed by atoms with Gasteiger partial charge in [0, 0.05) is 12.6 Å². The number of ether oxygens (including phenoxy) is 3. The highest BCUT2D eigenvalue weighted by atomic mass is 16.7. The van der Waals surface area contributed by atoms with Crippen LogP contribution in [0.25, 0.3) is 0 Å². The summed E-state index contributed by atoms with van der Waals surface area (Å²) < 4.78 is 16.5. The standard InChI is InChI=1S/C15H21NO3/c1-10-3-5-13(19-10)8-16-11(2)12-4-6-14-15(7-12)18-9-17-14/h4,6-7,10-11,13,16H,3,5,8-9H2,1-2H3. The zero-order valence-electron chi connectivity index (χ0n) is 11.5. The Labute approximate surface area is 114 Å². The molecule has 1 aromatic rings. The van der Waals surface area contributed by atoms with Gasteiger partial charge in [-0.25, -0.2) is 0 Å². The summed E-state index contributed by atoms with van der Waals surface area (Å²) in [5.74, 6) is 1.68. The Morgan fingerprint density at radius 3 is 2.89 bits per heavy atom. The fraction of sp³-hybridized carbons (Fsp3) is 0.600. The lowest BCUT2D eigenvalue weighted by molar-refractivity contribution is 0.0546. The van der Waals surface area contributed by atoms with Gasteiger partial charge in [0.25, 0.3) is 0 Å². The number of hydrogen-bond acceptors (Lipinski definition) is 4. The zero-order valence-corrected chi connectivity index (χ0v) is 11.5. The normalized spacial score (nSPS) is 26.6. The second kappa shape index (κ2) is 5.39. The van der Waals surface area contributed by atoms with Gasteiger partial charge in [-0.2, -0.15) is 0 Å². The van der Waals surface area contributed by atoms with E-state index in [-0.39, 0.29) is 6.04 Å². The third kappa shape index (κ3) is 2.85. The van der Waals surface area contributed by atoms with Gasteiger partial charge in [-0.1, -0.05) is 6.07 Å². The maximum atomic E-state index is 5.81. The molecule has 4 nitrogen and oxygen atoms in total. The number of fused-ring (bicyclic) bond motifs is 1. The molecule has 2 heterocycles. The molecule has 0 aromatic heterocycles. The molecule has 2 aliphatic rings. The molecule has 3 rings (SSSR count). The number of benzene rings is 1. The molecule has 0 aliphatic carbocycles. The molecule has 3 unspecified atom stereocenters. The Kier molecular flexibility index (Phi) is 3.62. The molecule has 19 heavy (non-hydrogen) atoms. The summed E-state index contributed by atoms with van der Waals surface area (Å²) in [4.78, 5) is 0. The minimum atomic E-state index is 0.286. The molecule has 2 aliphatic heterocycles. The first kappa shape index (κ1) is 12.8. The summed E-state index contributed by atoms with van der Waals surface area (Å²) in [5.41, 5.74) is 1.22. The van der Waals surface area contributed by atoms with Crippen molar-refractivity contribution in [1.82, 2.24) is 5.32 Å². The van der Waals surface area contributed by atoms with Crippen LogP contribution >= 0.6 is 0 Å². The van der Waals surface area contributed by atoms with E-state index in [1.807, 2.05) is 6.07 Å². The fourth-order valence-electron chi connectivity index (χ4n) is 2.64. The predicted octanol–water partition coefficient (Wildman–Crippen LogP) is 2.63. The minimum absolute atomic E-state index is 0.286. The molecule has 4 heteroatoms. The smallest absolute Gasteiger partial charge is 0.231 e. The molecule has 0 amide bonds. The van der Waals surface area contributed by atoms with Crippen molar-refractivity contribution in [2.45, 2.75) is 44.9 Å². The monoisotopic (exact) mass is 263 g/mol. The van der Waals surface area contributed by atoms with Crippen molar-refractivity contribution in [3.05, 3.63) is 23.8 Å². The molecule has 0 spiro atoms. The summed E-state index contributed by atoms with van der Waals surface area (Å²) >= 11 is 0. The van der Waals surface area contributed by atoms with E-state index in [0.29, 0.717) is 19.0 Å². The Morgan fingerprint density at radius 1 is 1.26 bits per heavy atom. The van der Waals surface area contributed by atoms with Crippen molar-refractivity contribution in [3.8, 4) is 11.5 Å². The van der Waals surface area contributed by atoms with Crippen molar-refractivity contribution in [1.29, 1.82) is 0 Å². The van der Waals surface area contributed by atoms with Crippen molar-refractivity contribution < 1.29 is 14.2 Å². The van der Waals surface area contributed by atoms with Gasteiger partial charge in [-0.15, -0.1) is 0 Å². The Morgan fingerprint density at radius 2 is 2.11 bits per heavy atom. The van der Waals surface area contributed by atoms with Crippen LogP contribution in [0.1, 0.15) is 38.3 Å². The fourth-order valence-corrected chi connectivity index (χ4v) is 2.64. The SMILES string of the molecule is CC1CCC(CNC(C)c2ccc3c(c2)OCO3)O1. The van der Waals surface area contributed by atoms with E-state index in [9.17, 15) is 0 Å². The highest BCUT2D eigenvalue weighted by Gasteiger charge is 2.22. The average molecular weight is 263 g/mol. The van der Waals surface area contributed by atoms with Crippen molar-refractivity contribution >= 4 is 0 Å². The largest absolute Gasteiger partial charge is 0.454 e. The highest BCUT2D eigenvalue weighted by Crippen LogP contribution is 2.34. The number of nitrogens with one attached hydrogen (secondary N) is 1. The van der Waals surface area contributed by atoms with E-state index in [0.717, 1.165) is 24.5 Å². The summed E-state index contributed by atoms with van der Waals surface area (Å²) in [6, 6.07) is 6.40. The Bertz CT molecular complexity index is 449. The van der Waals surface area contributed by atoms with Gasteiger partial charge >= 0.3 is 0 Å². The summed E-state index contributed by atoms with van der Waals surface area (Å²) in [6.45, 7) is 5.53. The topological polar surface area (TPSA) is 39.7 Å². The van der Waals surface area contributed by atoms with Crippen LogP contribution in [-0.2, 0) is 4.74 Å². The first-order chi connectivity index (χ1) is 9.22. The van der Waals surface area contributed by atoms with Gasteiger partial charge < -0.3 is 19.5 Å². The van der Waals surface area contributed by atoms with Crippen LogP contribution in [0.3, 0.4) is 0 Å². The predicted molar refractivity (Wildman–Crippen MR) is 72.6 cm³/mol. The van der Waals surface area contributed by atoms with Crippen molar-refractivity contribution in [3.63, 3.8) is 0 Å². The molecule has 1 N–H and O–H groups in total. The molecule has 104 valence electrons. The highest BCUT2D eigenvalue weighted by molar-refractivity contribution is 5.45. The summed E-state index contributed by atoms with van der Waals surface area (Å²) in [5, 5.41) is 3.53. The molecule has 1 saturated heterocycles. The van der Waals surface area contributed by atoms with Crippen LogP contribution in [0.15, 0.2) is 18.2 Å². The van der Waals surface area contributed by atoms with E-state index >= 15 is 0 Å². The van der Waals surface area contributed by atoms with Crippen molar-refractivity contribution in [2.24, 2.45) is 0 Å². The van der Waals surface area contributed by atoms with Gasteiger partial charge in [-0.3, -0.25) is 0 Å². The van der Waals surface area contributed by atoms with E-state index in [1.165, 1.54) is 12.0 Å². The van der Waals surface area contributed by atoms with E-state index in [2.05, 4.69) is 31.3 Å². The Balaban J connectivity index is 1.56. The van der Waals surface area contributed by atoms with Gasteiger partial charge in [0.1, 0.15) is 0 Å². The van der Waals surface area contributed by atoms with E-state index in [1.54, 1.807) is 0 Å². The van der Waals surface area contributed by atoms with Gasteiger partial charge in [0.15, 0.2) is 11.5 Å². The van der Waals surface area contributed by atoms with Crippen molar-refractivity contribution in [2.75, 3.05) is 13.3 Å². The average Bonchev–Trinajstić information content (AvgIpc) is 3.03. The quantitative estimate of drug-likeness (QED) is 0.906. The van der Waals surface area contributed by atoms with Crippen LogP contribution in [0.4, 0.5) is 0 Å². The maximum absolute atomic E-state index is 5.81. The molecule has 0 saturated carbocycles. The van der Waals surface area contributed by atoms with Crippen LogP contribution < -0.4 is 14.8 Å². The third-order valence-corrected chi connectivity index (χ3v) is 3.87. The van der Waals surface area contributed by atoms with Gasteiger partial charge in [-0.05, 0) is 44.4 Å². The van der Waals surface area contributed by atoms with E-state index < -0.39 is 0 Å². The van der Waals surface area contributed by atoms with Gasteiger partial charge in [0.05, 0.1) is 12.2 Å². The lowest BCUT2D eigenvalue weighted by Crippen LogP contribution is -2.29. The first-order valence-electron chi connectivity index (χ1n) is 7.01. The number of hydrogen-bond donors (Lipinski definition) is 1. The van der Waals surface area contributed by atoms with Gasteiger partial charge in [0.2, 0.25) is 6.79 Å². The van der Waals surface area contributed by atoms with Crippen LogP contribution in [-0.4, -0.2) is 25.5 Å². The van der Waals surface area contributed by atoms with Crippen LogP contribution in [0.5, 0.6) is 11.5 Å². The molecule has 3 atom stereocenters. The second-order valence-electron chi connectivity index (χ2n) is 5.39. The lowest BCUT2D eigenvalue weighted by atomic mass is 10.1. The Hall–Kier alpha value is -1.26. The second-order valence-corrected chi connectivity index (χ2v) is 5.39. The van der Waals surface area contributed by atoms with Crippen LogP contribution in [0, 0.1) is 0 Å². The molecular weight excluding hydrogens is 242 g/mol.